The van der Waals surface area contributed by atoms with E-state index in [0.717, 1.165) is 17.8 Å². The zero-order chi connectivity index (χ0) is 19.4. The summed E-state index contributed by atoms with van der Waals surface area (Å²) in [6.45, 7) is 6.22. The van der Waals surface area contributed by atoms with Crippen LogP contribution in [0.15, 0.2) is 41.6 Å². The molecule has 0 aliphatic carbocycles. The van der Waals surface area contributed by atoms with Crippen LogP contribution in [0, 0.1) is 13.8 Å². The van der Waals surface area contributed by atoms with Gasteiger partial charge in [0.15, 0.2) is 0 Å². The lowest BCUT2D eigenvalue weighted by Gasteiger charge is -2.11. The third-order valence-corrected chi connectivity index (χ3v) is 5.11. The van der Waals surface area contributed by atoms with E-state index >= 15 is 0 Å². The number of aromatic nitrogens is 5. The standard InChI is InChI=1S/C18H23N7OS/c1-12-11-13(2)25(23-12)17-21-22-18(24(17)19)27-14(3)16(26)20-10-9-15-7-5-4-6-8-15/h4-8,11,14H,9-10,19H2,1-3H3,(H,20,26)/t14-/m0/s1. The molecule has 0 fully saturated rings. The topological polar surface area (TPSA) is 104 Å². The van der Waals surface area contributed by atoms with Gasteiger partial charge in [-0.15, -0.1) is 10.2 Å². The van der Waals surface area contributed by atoms with Crippen LogP contribution in [0.4, 0.5) is 0 Å². The molecule has 27 heavy (non-hydrogen) atoms. The zero-order valence-corrected chi connectivity index (χ0v) is 16.4. The second-order valence-electron chi connectivity index (χ2n) is 6.28. The predicted molar refractivity (Wildman–Crippen MR) is 105 cm³/mol. The summed E-state index contributed by atoms with van der Waals surface area (Å²) in [4.78, 5) is 12.3. The Labute approximate surface area is 162 Å². The van der Waals surface area contributed by atoms with E-state index in [0.29, 0.717) is 17.6 Å². The maximum atomic E-state index is 12.3. The van der Waals surface area contributed by atoms with Crippen LogP contribution in [-0.4, -0.2) is 42.4 Å². The van der Waals surface area contributed by atoms with Crippen LogP contribution in [-0.2, 0) is 11.2 Å². The van der Waals surface area contributed by atoms with E-state index in [1.165, 1.54) is 22.0 Å². The molecule has 8 nitrogen and oxygen atoms in total. The van der Waals surface area contributed by atoms with Crippen molar-refractivity contribution in [2.75, 3.05) is 12.4 Å². The molecule has 142 valence electrons. The minimum Gasteiger partial charge on any atom is -0.355 e. The van der Waals surface area contributed by atoms with Crippen molar-refractivity contribution in [3.63, 3.8) is 0 Å². The highest BCUT2D eigenvalue weighted by Crippen LogP contribution is 2.22. The Kier molecular flexibility index (Phi) is 5.80. The van der Waals surface area contributed by atoms with Crippen molar-refractivity contribution in [1.29, 1.82) is 0 Å². The lowest BCUT2D eigenvalue weighted by Crippen LogP contribution is -2.32. The van der Waals surface area contributed by atoms with Gasteiger partial charge in [-0.25, -0.2) is 9.36 Å². The van der Waals surface area contributed by atoms with Gasteiger partial charge < -0.3 is 11.2 Å². The third-order valence-electron chi connectivity index (χ3n) is 4.05. The first-order valence-electron chi connectivity index (χ1n) is 8.68. The zero-order valence-electron chi connectivity index (χ0n) is 15.6. The first-order valence-corrected chi connectivity index (χ1v) is 9.56. The van der Waals surface area contributed by atoms with Crippen molar-refractivity contribution < 1.29 is 4.79 Å². The summed E-state index contributed by atoms with van der Waals surface area (Å²) in [7, 11) is 0. The van der Waals surface area contributed by atoms with Gasteiger partial charge in [-0.05, 0) is 38.8 Å². The van der Waals surface area contributed by atoms with Crippen LogP contribution in [0.25, 0.3) is 5.95 Å². The number of hydrogen-bond acceptors (Lipinski definition) is 6. The molecular weight excluding hydrogens is 362 g/mol. The van der Waals surface area contributed by atoms with Gasteiger partial charge in [-0.3, -0.25) is 4.79 Å². The highest BCUT2D eigenvalue weighted by Gasteiger charge is 2.20. The number of nitrogens with zero attached hydrogens (tertiary/aromatic N) is 5. The molecule has 1 amide bonds. The van der Waals surface area contributed by atoms with Crippen molar-refractivity contribution in [2.24, 2.45) is 0 Å². The molecule has 0 aliphatic rings. The van der Waals surface area contributed by atoms with Crippen LogP contribution in [0.1, 0.15) is 23.9 Å². The Morgan fingerprint density at radius 1 is 1.26 bits per heavy atom. The van der Waals surface area contributed by atoms with Gasteiger partial charge in [-0.1, -0.05) is 42.1 Å². The summed E-state index contributed by atoms with van der Waals surface area (Å²) >= 11 is 1.26. The number of aryl methyl sites for hydroxylation is 2. The monoisotopic (exact) mass is 385 g/mol. The first-order chi connectivity index (χ1) is 13.0. The molecule has 0 radical (unpaired) electrons. The quantitative estimate of drug-likeness (QED) is 0.473. The summed E-state index contributed by atoms with van der Waals surface area (Å²) in [6, 6.07) is 12.0. The van der Waals surface area contributed by atoms with Gasteiger partial charge in [0.25, 0.3) is 5.95 Å². The fourth-order valence-corrected chi connectivity index (χ4v) is 3.45. The summed E-state index contributed by atoms with van der Waals surface area (Å²) in [5, 5.41) is 15.6. The van der Waals surface area contributed by atoms with Crippen LogP contribution in [0.2, 0.25) is 0 Å². The molecule has 0 saturated heterocycles. The minimum absolute atomic E-state index is 0.0633. The maximum Gasteiger partial charge on any atom is 0.271 e. The lowest BCUT2D eigenvalue weighted by molar-refractivity contribution is -0.120. The highest BCUT2D eigenvalue weighted by atomic mass is 32.2. The Morgan fingerprint density at radius 2 is 2.00 bits per heavy atom. The van der Waals surface area contributed by atoms with Crippen molar-refractivity contribution in [3.8, 4) is 5.95 Å². The maximum absolute atomic E-state index is 12.3. The van der Waals surface area contributed by atoms with Crippen molar-refractivity contribution >= 4 is 17.7 Å². The molecule has 0 spiro atoms. The van der Waals surface area contributed by atoms with E-state index in [9.17, 15) is 4.79 Å². The van der Waals surface area contributed by atoms with Crippen molar-refractivity contribution in [3.05, 3.63) is 53.3 Å². The van der Waals surface area contributed by atoms with Gasteiger partial charge in [0.2, 0.25) is 11.1 Å². The van der Waals surface area contributed by atoms with Gasteiger partial charge in [0.1, 0.15) is 0 Å². The molecule has 0 saturated carbocycles. The van der Waals surface area contributed by atoms with Crippen LogP contribution in [0.5, 0.6) is 0 Å². The van der Waals surface area contributed by atoms with Gasteiger partial charge in [0, 0.05) is 12.2 Å². The molecular formula is C18H23N7OS. The van der Waals surface area contributed by atoms with Gasteiger partial charge in [-0.2, -0.15) is 5.10 Å². The SMILES string of the molecule is Cc1cc(C)n(-c2nnc(S[C@@H](C)C(=O)NCCc3ccccc3)n2N)n1. The third kappa shape index (κ3) is 4.48. The van der Waals surface area contributed by atoms with E-state index < -0.39 is 0 Å². The molecule has 9 heteroatoms. The predicted octanol–water partition coefficient (Wildman–Crippen LogP) is 1.63. The number of nitrogens with two attached hydrogens (primary N) is 1. The average Bonchev–Trinajstić information content (AvgIpc) is 3.17. The van der Waals surface area contributed by atoms with Gasteiger partial charge in [0.05, 0.1) is 10.9 Å². The normalized spacial score (nSPS) is 12.1. The molecule has 0 bridgehead atoms. The molecule has 0 unspecified atom stereocenters. The fourth-order valence-electron chi connectivity index (χ4n) is 2.66. The fraction of sp³-hybridized carbons (Fsp3) is 0.333. The van der Waals surface area contributed by atoms with Crippen molar-refractivity contribution in [1.82, 2.24) is 30.0 Å². The van der Waals surface area contributed by atoms with Crippen LogP contribution >= 0.6 is 11.8 Å². The molecule has 3 rings (SSSR count). The minimum atomic E-state index is -0.347. The number of rotatable bonds is 7. The number of nitrogen functional groups attached to an aromatic ring is 1. The number of benzene rings is 1. The molecule has 1 atom stereocenters. The molecule has 2 aromatic heterocycles. The van der Waals surface area contributed by atoms with Crippen molar-refractivity contribution in [2.45, 2.75) is 37.6 Å². The second kappa shape index (κ2) is 8.26. The number of thioether (sulfide) groups is 1. The Balaban J connectivity index is 1.58. The summed E-state index contributed by atoms with van der Waals surface area (Å²) < 4.78 is 2.99. The Bertz CT molecular complexity index is 919. The summed E-state index contributed by atoms with van der Waals surface area (Å²) in [5.41, 5.74) is 2.97. The summed E-state index contributed by atoms with van der Waals surface area (Å²) in [5.74, 6) is 6.47. The highest BCUT2D eigenvalue weighted by molar-refractivity contribution is 8.00. The number of carbonyl (C=O) groups excluding carboxylic acids is 1. The van der Waals surface area contributed by atoms with Crippen LogP contribution < -0.4 is 11.2 Å². The lowest BCUT2D eigenvalue weighted by atomic mass is 10.1. The molecule has 1 aromatic carbocycles. The van der Waals surface area contributed by atoms with E-state index in [1.807, 2.05) is 57.2 Å². The largest absolute Gasteiger partial charge is 0.355 e. The molecule has 3 aromatic rings. The second-order valence-corrected chi connectivity index (χ2v) is 7.59. The summed E-state index contributed by atoms with van der Waals surface area (Å²) in [6.07, 6.45) is 0.791. The van der Waals surface area contributed by atoms with E-state index in [-0.39, 0.29) is 11.2 Å². The average molecular weight is 385 g/mol. The number of hydrogen-bond donors (Lipinski definition) is 2. The molecule has 0 aliphatic heterocycles. The smallest absolute Gasteiger partial charge is 0.271 e. The molecule has 3 N–H and O–H groups in total. The number of carbonyl (C=O) groups is 1. The van der Waals surface area contributed by atoms with E-state index in [4.69, 9.17) is 5.84 Å². The number of amides is 1. The van der Waals surface area contributed by atoms with E-state index in [1.54, 1.807) is 4.68 Å². The Morgan fingerprint density at radius 3 is 2.67 bits per heavy atom. The Hall–Kier alpha value is -2.81. The first kappa shape index (κ1) is 19.0. The van der Waals surface area contributed by atoms with Crippen LogP contribution in [0.3, 0.4) is 0 Å². The molecule has 2 heterocycles. The van der Waals surface area contributed by atoms with Gasteiger partial charge >= 0.3 is 0 Å². The van der Waals surface area contributed by atoms with E-state index in [2.05, 4.69) is 20.6 Å². The number of nitrogens with one attached hydrogen (secondary N) is 1.